The van der Waals surface area contributed by atoms with Crippen LogP contribution >= 0.6 is 0 Å². The number of carbonyl (C=O) groups is 1. The molecule has 1 aromatic heterocycles. The molecule has 0 spiro atoms. The molecule has 2 rings (SSSR count). The summed E-state index contributed by atoms with van der Waals surface area (Å²) < 4.78 is 10.6. The summed E-state index contributed by atoms with van der Waals surface area (Å²) in [7, 11) is 1.43. The van der Waals surface area contributed by atoms with E-state index in [-0.39, 0.29) is 17.1 Å². The fraction of sp³-hybridized carbons (Fsp3) is 0.0714. The van der Waals surface area contributed by atoms with Gasteiger partial charge < -0.3 is 20.3 Å². The lowest BCUT2D eigenvalue weighted by atomic mass is 10.2. The number of nitrogens with zero attached hydrogens (tertiary/aromatic N) is 2. The van der Waals surface area contributed by atoms with Crippen LogP contribution in [0, 0.1) is 11.3 Å². The van der Waals surface area contributed by atoms with Crippen LogP contribution in [0.4, 0.5) is 5.69 Å². The van der Waals surface area contributed by atoms with Crippen molar-refractivity contribution in [2.24, 2.45) is 0 Å². The number of benzene rings is 1. The second-order valence-corrected chi connectivity index (χ2v) is 3.99. The van der Waals surface area contributed by atoms with Crippen LogP contribution in [-0.2, 0) is 0 Å². The molecule has 0 aliphatic rings. The highest BCUT2D eigenvalue weighted by Gasteiger charge is 2.13. The molecular formula is C14H11N3O4. The van der Waals surface area contributed by atoms with Crippen LogP contribution in [0.5, 0.6) is 17.4 Å². The van der Waals surface area contributed by atoms with Crippen LogP contribution in [-0.4, -0.2) is 23.2 Å². The van der Waals surface area contributed by atoms with Gasteiger partial charge >= 0.3 is 5.97 Å². The SMILES string of the molecule is COc1cc(C#N)ccc1Oc1cc(C(=O)O)c(N)cn1. The van der Waals surface area contributed by atoms with Crippen molar-refractivity contribution in [3.8, 4) is 23.4 Å². The van der Waals surface area contributed by atoms with E-state index in [0.717, 1.165) is 0 Å². The van der Waals surface area contributed by atoms with E-state index in [1.165, 1.54) is 31.5 Å². The zero-order valence-electron chi connectivity index (χ0n) is 11.0. The van der Waals surface area contributed by atoms with E-state index in [4.69, 9.17) is 25.6 Å². The minimum absolute atomic E-state index is 0.0432. The molecular weight excluding hydrogens is 274 g/mol. The third-order valence-electron chi connectivity index (χ3n) is 2.65. The molecule has 7 heteroatoms. The maximum Gasteiger partial charge on any atom is 0.338 e. The van der Waals surface area contributed by atoms with Crippen molar-refractivity contribution in [2.45, 2.75) is 0 Å². The molecule has 3 N–H and O–H groups in total. The zero-order chi connectivity index (χ0) is 15.4. The van der Waals surface area contributed by atoms with Crippen LogP contribution in [0.15, 0.2) is 30.5 Å². The number of methoxy groups -OCH3 is 1. The molecule has 0 aliphatic heterocycles. The molecule has 0 fully saturated rings. The van der Waals surface area contributed by atoms with Gasteiger partial charge in [0.15, 0.2) is 11.5 Å². The number of ether oxygens (including phenoxy) is 2. The van der Waals surface area contributed by atoms with E-state index in [2.05, 4.69) is 4.98 Å². The average Bonchev–Trinajstić information content (AvgIpc) is 2.49. The molecule has 0 bridgehead atoms. The number of hydrogen-bond donors (Lipinski definition) is 2. The predicted octanol–water partition coefficient (Wildman–Crippen LogP) is 2.03. The number of carboxylic acid groups (broad SMARTS) is 1. The predicted molar refractivity (Wildman–Crippen MR) is 73.4 cm³/mol. The van der Waals surface area contributed by atoms with Gasteiger partial charge in [-0.3, -0.25) is 0 Å². The highest BCUT2D eigenvalue weighted by Crippen LogP contribution is 2.32. The van der Waals surface area contributed by atoms with Gasteiger partial charge in [-0.25, -0.2) is 9.78 Å². The number of anilines is 1. The number of hydrogen-bond acceptors (Lipinski definition) is 6. The second kappa shape index (κ2) is 5.79. The monoisotopic (exact) mass is 285 g/mol. The average molecular weight is 285 g/mol. The molecule has 1 aromatic carbocycles. The topological polar surface area (TPSA) is 118 Å². The van der Waals surface area contributed by atoms with Crippen LogP contribution in [0.1, 0.15) is 15.9 Å². The summed E-state index contributed by atoms with van der Waals surface area (Å²) in [6.07, 6.45) is 1.20. The van der Waals surface area contributed by atoms with E-state index in [1.807, 2.05) is 6.07 Å². The van der Waals surface area contributed by atoms with Crippen LogP contribution < -0.4 is 15.2 Å². The molecule has 0 unspecified atom stereocenters. The lowest BCUT2D eigenvalue weighted by molar-refractivity contribution is 0.0697. The minimum atomic E-state index is -1.17. The van der Waals surface area contributed by atoms with E-state index in [1.54, 1.807) is 6.07 Å². The first kappa shape index (κ1) is 14.1. The molecule has 1 heterocycles. The number of rotatable bonds is 4. The van der Waals surface area contributed by atoms with Gasteiger partial charge in [0.2, 0.25) is 5.88 Å². The maximum absolute atomic E-state index is 11.0. The molecule has 106 valence electrons. The fourth-order valence-electron chi connectivity index (χ4n) is 1.62. The molecule has 0 radical (unpaired) electrons. The summed E-state index contributed by atoms with van der Waals surface area (Å²) in [4.78, 5) is 14.9. The number of carboxylic acids is 1. The summed E-state index contributed by atoms with van der Waals surface area (Å²) in [5.41, 5.74) is 5.87. The van der Waals surface area contributed by atoms with Crippen molar-refractivity contribution in [3.05, 3.63) is 41.6 Å². The second-order valence-electron chi connectivity index (χ2n) is 3.99. The van der Waals surface area contributed by atoms with Crippen molar-refractivity contribution >= 4 is 11.7 Å². The number of nitrogens with two attached hydrogens (primary N) is 1. The Kier molecular flexibility index (Phi) is 3.90. The lowest BCUT2D eigenvalue weighted by Crippen LogP contribution is -2.04. The minimum Gasteiger partial charge on any atom is -0.493 e. The third-order valence-corrected chi connectivity index (χ3v) is 2.65. The molecule has 0 amide bonds. The van der Waals surface area contributed by atoms with E-state index in [9.17, 15) is 4.79 Å². The number of pyridine rings is 1. The van der Waals surface area contributed by atoms with Crippen LogP contribution in [0.3, 0.4) is 0 Å². The lowest BCUT2D eigenvalue weighted by Gasteiger charge is -2.10. The Hall–Kier alpha value is -3.27. The first-order valence-corrected chi connectivity index (χ1v) is 5.80. The largest absolute Gasteiger partial charge is 0.493 e. The highest BCUT2D eigenvalue weighted by molar-refractivity contribution is 5.93. The number of aromatic nitrogens is 1. The van der Waals surface area contributed by atoms with E-state index < -0.39 is 5.97 Å². The first-order chi connectivity index (χ1) is 10.0. The Balaban J connectivity index is 2.37. The van der Waals surface area contributed by atoms with Gasteiger partial charge in [0.1, 0.15) is 0 Å². The van der Waals surface area contributed by atoms with Gasteiger partial charge in [-0.2, -0.15) is 5.26 Å². The Morgan fingerprint density at radius 1 is 1.38 bits per heavy atom. The Bertz CT molecular complexity index is 737. The van der Waals surface area contributed by atoms with Crippen molar-refractivity contribution in [3.63, 3.8) is 0 Å². The normalized spacial score (nSPS) is 9.71. The Morgan fingerprint density at radius 2 is 2.14 bits per heavy atom. The van der Waals surface area contributed by atoms with Crippen molar-refractivity contribution in [2.75, 3.05) is 12.8 Å². The Morgan fingerprint density at radius 3 is 2.76 bits per heavy atom. The highest BCUT2D eigenvalue weighted by atomic mass is 16.5. The fourth-order valence-corrected chi connectivity index (χ4v) is 1.62. The van der Waals surface area contributed by atoms with E-state index >= 15 is 0 Å². The molecule has 0 atom stereocenters. The smallest absolute Gasteiger partial charge is 0.338 e. The molecule has 7 nitrogen and oxygen atoms in total. The summed E-state index contributed by atoms with van der Waals surface area (Å²) in [6.45, 7) is 0. The third kappa shape index (κ3) is 3.01. The quantitative estimate of drug-likeness (QED) is 0.882. The maximum atomic E-state index is 11.0. The summed E-state index contributed by atoms with van der Waals surface area (Å²) >= 11 is 0. The van der Waals surface area contributed by atoms with Crippen molar-refractivity contribution in [1.82, 2.24) is 4.98 Å². The number of aromatic carboxylic acids is 1. The summed E-state index contributed by atoms with van der Waals surface area (Å²) in [5, 5.41) is 17.8. The van der Waals surface area contributed by atoms with Gasteiger partial charge in [-0.1, -0.05) is 0 Å². The molecule has 0 saturated carbocycles. The number of nitriles is 1. The molecule has 0 saturated heterocycles. The van der Waals surface area contributed by atoms with Crippen LogP contribution in [0.2, 0.25) is 0 Å². The van der Waals surface area contributed by atoms with Gasteiger partial charge in [0.05, 0.1) is 36.2 Å². The summed E-state index contributed by atoms with van der Waals surface area (Å²) in [6, 6.07) is 7.79. The summed E-state index contributed by atoms with van der Waals surface area (Å²) in [5.74, 6) is -0.467. The van der Waals surface area contributed by atoms with Gasteiger partial charge in [0, 0.05) is 12.1 Å². The van der Waals surface area contributed by atoms with Gasteiger partial charge in [-0.15, -0.1) is 0 Å². The number of nitrogen functional groups attached to an aromatic ring is 1. The van der Waals surface area contributed by atoms with Gasteiger partial charge in [-0.05, 0) is 12.1 Å². The molecule has 21 heavy (non-hydrogen) atoms. The van der Waals surface area contributed by atoms with Crippen molar-refractivity contribution < 1.29 is 19.4 Å². The standard InChI is InChI=1S/C14H11N3O4/c1-20-12-4-8(6-15)2-3-11(12)21-13-5-9(14(18)19)10(16)7-17-13/h2-5,7H,16H2,1H3,(H,18,19). The van der Waals surface area contributed by atoms with Crippen molar-refractivity contribution in [1.29, 1.82) is 5.26 Å². The molecule has 2 aromatic rings. The Labute approximate surface area is 120 Å². The van der Waals surface area contributed by atoms with Crippen LogP contribution in [0.25, 0.3) is 0 Å². The van der Waals surface area contributed by atoms with E-state index in [0.29, 0.717) is 17.1 Å². The zero-order valence-corrected chi connectivity index (χ0v) is 11.0. The first-order valence-electron chi connectivity index (χ1n) is 5.80. The molecule has 0 aliphatic carbocycles. The van der Waals surface area contributed by atoms with Gasteiger partial charge in [0.25, 0.3) is 0 Å².